The van der Waals surface area contributed by atoms with Gasteiger partial charge in [0.15, 0.2) is 0 Å². The van der Waals surface area contributed by atoms with Crippen molar-refractivity contribution in [2.24, 2.45) is 0 Å². The Morgan fingerprint density at radius 1 is 1.17 bits per heavy atom. The minimum absolute atomic E-state index is 0.0399. The third-order valence-corrected chi connectivity index (χ3v) is 6.62. The first-order valence-electron chi connectivity index (χ1n) is 11.4. The van der Waals surface area contributed by atoms with E-state index in [-0.39, 0.29) is 23.4 Å². The lowest BCUT2D eigenvalue weighted by atomic mass is 9.95. The van der Waals surface area contributed by atoms with Crippen LogP contribution in [0.1, 0.15) is 40.5 Å². The average molecular weight is 473 g/mol. The van der Waals surface area contributed by atoms with E-state index in [0.717, 1.165) is 24.0 Å². The van der Waals surface area contributed by atoms with Crippen LogP contribution in [0.5, 0.6) is 0 Å². The Morgan fingerprint density at radius 3 is 2.69 bits per heavy atom. The highest BCUT2D eigenvalue weighted by molar-refractivity contribution is 6.09. The second-order valence-corrected chi connectivity index (χ2v) is 8.75. The van der Waals surface area contributed by atoms with Crippen LogP contribution in [-0.4, -0.2) is 25.6 Å². The lowest BCUT2D eigenvalue weighted by molar-refractivity contribution is 0.0687. The van der Waals surface area contributed by atoms with Crippen LogP contribution in [-0.2, 0) is 13.0 Å². The van der Waals surface area contributed by atoms with Gasteiger partial charge in [-0.15, -0.1) is 0 Å². The van der Waals surface area contributed by atoms with Gasteiger partial charge in [-0.1, -0.05) is 19.4 Å². The Kier molecular flexibility index (Phi) is 5.43. The molecule has 0 saturated heterocycles. The van der Waals surface area contributed by atoms with Crippen molar-refractivity contribution in [2.75, 3.05) is 5.73 Å². The minimum atomic E-state index is -1.20. The summed E-state index contributed by atoms with van der Waals surface area (Å²) < 4.78 is 16.7. The van der Waals surface area contributed by atoms with Gasteiger partial charge in [0.2, 0.25) is 0 Å². The van der Waals surface area contributed by atoms with Crippen molar-refractivity contribution in [3.63, 3.8) is 0 Å². The number of nitrogen functional groups attached to an aromatic ring is 1. The van der Waals surface area contributed by atoms with Crippen LogP contribution < -0.4 is 11.3 Å². The molecule has 0 saturated carbocycles. The molecule has 0 radical (unpaired) electrons. The predicted octanol–water partition coefficient (Wildman–Crippen LogP) is 5.21. The van der Waals surface area contributed by atoms with Gasteiger partial charge in [-0.2, -0.15) is 0 Å². The van der Waals surface area contributed by atoms with Crippen LogP contribution in [0.25, 0.3) is 32.9 Å². The van der Waals surface area contributed by atoms with E-state index in [1.807, 2.05) is 19.1 Å². The summed E-state index contributed by atoms with van der Waals surface area (Å²) in [6, 6.07) is 10.1. The first-order valence-corrected chi connectivity index (χ1v) is 11.4. The molecule has 3 heterocycles. The molecule has 0 unspecified atom stereocenters. The van der Waals surface area contributed by atoms with Gasteiger partial charge in [-0.25, -0.2) is 9.18 Å². The standard InChI is InChI=1S/C27H25FN4O3/c1-3-5-15-7-8-22-23(14(15)2)24(17-6-4-9-30-26(17)33)25(27(34)35)32(22)13-16-10-18-20(29)12-31-21(18)11-19(16)28/h4,6-12,31H,3,5,13,29H2,1-2H3,(H,30,33)(H,34,35). The smallest absolute Gasteiger partial charge is 0.353 e. The molecule has 0 atom stereocenters. The highest BCUT2D eigenvalue weighted by Crippen LogP contribution is 2.38. The number of hydrogen-bond donors (Lipinski definition) is 4. The van der Waals surface area contributed by atoms with Crippen molar-refractivity contribution in [2.45, 2.75) is 33.2 Å². The highest BCUT2D eigenvalue weighted by atomic mass is 19.1. The van der Waals surface area contributed by atoms with Crippen LogP contribution in [0.4, 0.5) is 10.1 Å². The van der Waals surface area contributed by atoms with E-state index in [2.05, 4.69) is 16.9 Å². The van der Waals surface area contributed by atoms with E-state index in [4.69, 9.17) is 5.73 Å². The highest BCUT2D eigenvalue weighted by Gasteiger charge is 2.27. The van der Waals surface area contributed by atoms with Crippen molar-refractivity contribution in [3.8, 4) is 11.1 Å². The number of rotatable bonds is 6. The average Bonchev–Trinajstić information content (AvgIpc) is 3.34. The van der Waals surface area contributed by atoms with Crippen molar-refractivity contribution < 1.29 is 14.3 Å². The normalized spacial score (nSPS) is 11.5. The zero-order valence-electron chi connectivity index (χ0n) is 19.4. The molecule has 0 amide bonds. The van der Waals surface area contributed by atoms with E-state index >= 15 is 4.39 Å². The van der Waals surface area contributed by atoms with E-state index in [1.54, 1.807) is 29.0 Å². The summed E-state index contributed by atoms with van der Waals surface area (Å²) in [5.74, 6) is -1.67. The van der Waals surface area contributed by atoms with Gasteiger partial charge < -0.3 is 25.4 Å². The van der Waals surface area contributed by atoms with Gasteiger partial charge >= 0.3 is 5.97 Å². The number of nitrogens with one attached hydrogen (secondary N) is 2. The number of carboxylic acids is 1. The Balaban J connectivity index is 1.86. The fraction of sp³-hybridized carbons (Fsp3) is 0.185. The summed E-state index contributed by atoms with van der Waals surface area (Å²) in [7, 11) is 0. The van der Waals surface area contributed by atoms with Gasteiger partial charge in [-0.3, -0.25) is 4.79 Å². The number of carbonyl (C=O) groups is 1. The number of aromatic carboxylic acids is 1. The van der Waals surface area contributed by atoms with Crippen molar-refractivity contribution >= 4 is 33.5 Å². The molecule has 5 N–H and O–H groups in total. The molecule has 5 rings (SSSR count). The number of anilines is 1. The van der Waals surface area contributed by atoms with Crippen LogP contribution in [0.15, 0.2) is 53.6 Å². The van der Waals surface area contributed by atoms with Crippen LogP contribution >= 0.6 is 0 Å². The second-order valence-electron chi connectivity index (χ2n) is 8.75. The van der Waals surface area contributed by atoms with Gasteiger partial charge in [0.1, 0.15) is 11.5 Å². The Labute approximate surface area is 200 Å². The number of hydrogen-bond acceptors (Lipinski definition) is 3. The zero-order chi connectivity index (χ0) is 24.9. The monoisotopic (exact) mass is 472 g/mol. The van der Waals surface area contributed by atoms with Gasteiger partial charge in [0, 0.05) is 45.4 Å². The van der Waals surface area contributed by atoms with Crippen LogP contribution in [0, 0.1) is 12.7 Å². The van der Waals surface area contributed by atoms with Gasteiger partial charge in [0.25, 0.3) is 5.56 Å². The van der Waals surface area contributed by atoms with E-state index in [9.17, 15) is 14.7 Å². The Morgan fingerprint density at radius 2 is 1.97 bits per heavy atom. The number of nitrogens with zero attached hydrogens (tertiary/aromatic N) is 1. The molecule has 3 aromatic heterocycles. The number of aryl methyl sites for hydroxylation is 2. The van der Waals surface area contributed by atoms with Gasteiger partial charge in [-0.05, 0) is 54.8 Å². The molecular formula is C27H25FN4O3. The quantitative estimate of drug-likeness (QED) is 0.271. The number of carboxylic acid groups (broad SMARTS) is 1. The molecule has 7 nitrogen and oxygen atoms in total. The minimum Gasteiger partial charge on any atom is -0.477 e. The molecule has 2 aromatic carbocycles. The summed E-state index contributed by atoms with van der Waals surface area (Å²) in [6.07, 6.45) is 4.84. The third kappa shape index (κ3) is 3.58. The maximum Gasteiger partial charge on any atom is 0.353 e. The summed E-state index contributed by atoms with van der Waals surface area (Å²) in [5, 5.41) is 11.7. The maximum atomic E-state index is 15.1. The first kappa shape index (κ1) is 22.5. The topological polar surface area (TPSA) is 117 Å². The fourth-order valence-corrected chi connectivity index (χ4v) is 4.96. The van der Waals surface area contributed by atoms with Crippen molar-refractivity contribution in [1.29, 1.82) is 0 Å². The number of H-pyrrole nitrogens is 2. The predicted molar refractivity (Wildman–Crippen MR) is 135 cm³/mol. The number of nitrogens with two attached hydrogens (primary N) is 1. The molecular weight excluding hydrogens is 447 g/mol. The molecule has 0 aliphatic carbocycles. The largest absolute Gasteiger partial charge is 0.477 e. The van der Waals surface area contributed by atoms with Crippen molar-refractivity contribution in [3.05, 3.63) is 87.3 Å². The SMILES string of the molecule is CCCc1ccc2c(c1C)c(-c1ccc[nH]c1=O)c(C(=O)O)n2Cc1cc2c(N)c[nH]c2cc1F. The number of aromatic nitrogens is 3. The van der Waals surface area contributed by atoms with E-state index < -0.39 is 11.8 Å². The van der Waals surface area contributed by atoms with Crippen LogP contribution in [0.3, 0.4) is 0 Å². The van der Waals surface area contributed by atoms with E-state index in [0.29, 0.717) is 38.6 Å². The Bertz CT molecular complexity index is 1680. The number of benzene rings is 2. The zero-order valence-corrected chi connectivity index (χ0v) is 19.4. The molecule has 0 aliphatic heterocycles. The van der Waals surface area contributed by atoms with Crippen LogP contribution in [0.2, 0.25) is 0 Å². The molecule has 0 spiro atoms. The van der Waals surface area contributed by atoms with Crippen molar-refractivity contribution in [1.82, 2.24) is 14.5 Å². The number of halogens is 1. The molecule has 5 aromatic rings. The first-order chi connectivity index (χ1) is 16.8. The summed E-state index contributed by atoms with van der Waals surface area (Å²) in [6.45, 7) is 3.98. The fourth-order valence-electron chi connectivity index (χ4n) is 4.96. The summed E-state index contributed by atoms with van der Waals surface area (Å²) in [5.41, 5.74) is 10.1. The lowest BCUT2D eigenvalue weighted by Gasteiger charge is -2.12. The summed E-state index contributed by atoms with van der Waals surface area (Å²) >= 11 is 0. The molecule has 0 aliphatic rings. The molecule has 0 fully saturated rings. The number of fused-ring (bicyclic) bond motifs is 2. The molecule has 35 heavy (non-hydrogen) atoms. The van der Waals surface area contributed by atoms with Gasteiger partial charge in [0.05, 0.1) is 17.7 Å². The number of aromatic amines is 2. The lowest BCUT2D eigenvalue weighted by Crippen LogP contribution is -2.14. The maximum absolute atomic E-state index is 15.1. The molecule has 8 heteroatoms. The third-order valence-electron chi connectivity index (χ3n) is 6.62. The molecule has 178 valence electrons. The van der Waals surface area contributed by atoms with E-state index in [1.165, 1.54) is 12.3 Å². The second kappa shape index (κ2) is 8.47. The number of pyridine rings is 1. The molecule has 0 bridgehead atoms. The summed E-state index contributed by atoms with van der Waals surface area (Å²) in [4.78, 5) is 31.0. The Hall–Kier alpha value is -4.33.